The molecular formula is C15H25N5O3. The number of nitrogens with zero attached hydrogens (tertiary/aromatic N) is 2. The molecule has 3 N–H and O–H groups in total. The second-order valence-electron chi connectivity index (χ2n) is 6.47. The number of ether oxygens (including phenoxy) is 1. The van der Waals surface area contributed by atoms with Crippen LogP contribution in [0.25, 0.3) is 0 Å². The summed E-state index contributed by atoms with van der Waals surface area (Å²) in [5.74, 6) is 1.11. The fraction of sp³-hybridized carbons (Fsp3) is 0.800. The van der Waals surface area contributed by atoms with E-state index in [2.05, 4.69) is 26.1 Å². The minimum Gasteiger partial charge on any atom is -0.377 e. The van der Waals surface area contributed by atoms with Crippen molar-refractivity contribution in [3.63, 3.8) is 0 Å². The highest BCUT2D eigenvalue weighted by Gasteiger charge is 2.41. The van der Waals surface area contributed by atoms with Crippen LogP contribution in [-0.2, 0) is 22.6 Å². The van der Waals surface area contributed by atoms with E-state index in [1.165, 1.54) is 0 Å². The van der Waals surface area contributed by atoms with Gasteiger partial charge in [-0.25, -0.2) is 0 Å². The van der Waals surface area contributed by atoms with Gasteiger partial charge in [-0.2, -0.15) is 4.98 Å². The minimum atomic E-state index is -0.0835. The molecule has 23 heavy (non-hydrogen) atoms. The molecule has 1 aromatic rings. The van der Waals surface area contributed by atoms with Gasteiger partial charge in [0.2, 0.25) is 11.8 Å². The van der Waals surface area contributed by atoms with E-state index in [4.69, 9.17) is 9.26 Å². The first-order valence-electron chi connectivity index (χ1n) is 8.23. The second kappa shape index (κ2) is 7.37. The predicted octanol–water partition coefficient (Wildman–Crippen LogP) is -0.394. The lowest BCUT2D eigenvalue weighted by molar-refractivity contribution is -0.122. The van der Waals surface area contributed by atoms with Crippen LogP contribution < -0.4 is 16.0 Å². The van der Waals surface area contributed by atoms with E-state index in [0.717, 1.165) is 38.9 Å². The van der Waals surface area contributed by atoms with Crippen molar-refractivity contribution >= 4 is 5.91 Å². The third kappa shape index (κ3) is 4.07. The Bertz CT molecular complexity index is 527. The summed E-state index contributed by atoms with van der Waals surface area (Å²) in [5, 5.41) is 13.5. The zero-order valence-corrected chi connectivity index (χ0v) is 13.6. The van der Waals surface area contributed by atoms with E-state index in [0.29, 0.717) is 36.7 Å². The van der Waals surface area contributed by atoms with Crippen molar-refractivity contribution in [2.24, 2.45) is 5.41 Å². The molecule has 0 unspecified atom stereocenters. The molecule has 8 heteroatoms. The fourth-order valence-electron chi connectivity index (χ4n) is 3.44. The maximum absolute atomic E-state index is 12.3. The Balaban J connectivity index is 1.41. The number of hydrogen-bond donors (Lipinski definition) is 3. The molecular weight excluding hydrogens is 298 g/mol. The fourth-order valence-corrected chi connectivity index (χ4v) is 3.44. The van der Waals surface area contributed by atoms with Gasteiger partial charge in [0.15, 0.2) is 5.82 Å². The predicted molar refractivity (Wildman–Crippen MR) is 82.7 cm³/mol. The van der Waals surface area contributed by atoms with Gasteiger partial charge in [-0.3, -0.25) is 4.79 Å². The Hall–Kier alpha value is -1.51. The first kappa shape index (κ1) is 16.4. The molecule has 1 spiro atoms. The summed E-state index contributed by atoms with van der Waals surface area (Å²) in [6, 6.07) is -0.0835. The van der Waals surface area contributed by atoms with Gasteiger partial charge < -0.3 is 25.2 Å². The number of aromatic nitrogens is 2. The van der Waals surface area contributed by atoms with Gasteiger partial charge in [0.1, 0.15) is 6.61 Å². The normalized spacial score (nSPS) is 23.3. The first-order chi connectivity index (χ1) is 11.2. The molecule has 0 aromatic carbocycles. The maximum Gasteiger partial charge on any atom is 0.237 e. The molecule has 2 aliphatic rings. The molecule has 0 aliphatic carbocycles. The Labute approximate surface area is 135 Å². The number of piperidine rings is 1. The number of carbonyl (C=O) groups is 1. The SMILES string of the molecule is COCc1noc(CCNC(=O)[C@H]2CC3(CCNCC3)CN2)n1. The van der Waals surface area contributed by atoms with Crippen LogP contribution in [0.5, 0.6) is 0 Å². The van der Waals surface area contributed by atoms with Gasteiger partial charge in [0.05, 0.1) is 6.04 Å². The van der Waals surface area contributed by atoms with Crippen molar-refractivity contribution in [3.05, 3.63) is 11.7 Å². The van der Waals surface area contributed by atoms with Crippen LogP contribution in [0, 0.1) is 5.41 Å². The zero-order valence-electron chi connectivity index (χ0n) is 13.6. The van der Waals surface area contributed by atoms with Gasteiger partial charge in [-0.15, -0.1) is 0 Å². The summed E-state index contributed by atoms with van der Waals surface area (Å²) in [5.41, 5.74) is 0.300. The Morgan fingerprint density at radius 3 is 3.09 bits per heavy atom. The number of nitrogens with one attached hydrogen (secondary N) is 3. The zero-order chi connectivity index (χ0) is 16.1. The number of amides is 1. The number of carbonyl (C=O) groups excluding carboxylic acids is 1. The molecule has 2 aliphatic heterocycles. The van der Waals surface area contributed by atoms with Crippen LogP contribution in [0.4, 0.5) is 0 Å². The average molecular weight is 323 g/mol. The standard InChI is InChI=1S/C15H25N5O3/c1-22-9-12-19-13(23-20-12)2-5-17-14(21)11-8-15(10-18-11)3-6-16-7-4-15/h11,16,18H,2-10H2,1H3,(H,17,21)/t11-/m1/s1. The molecule has 2 fully saturated rings. The lowest BCUT2D eigenvalue weighted by Gasteiger charge is -2.33. The van der Waals surface area contributed by atoms with Crippen LogP contribution in [0.3, 0.4) is 0 Å². The summed E-state index contributed by atoms with van der Waals surface area (Å²) in [7, 11) is 1.58. The van der Waals surface area contributed by atoms with E-state index < -0.39 is 0 Å². The molecule has 2 saturated heterocycles. The maximum atomic E-state index is 12.3. The minimum absolute atomic E-state index is 0.0667. The van der Waals surface area contributed by atoms with Crippen LogP contribution >= 0.6 is 0 Å². The third-order valence-electron chi connectivity index (χ3n) is 4.76. The van der Waals surface area contributed by atoms with Crippen molar-refractivity contribution in [1.29, 1.82) is 0 Å². The Kier molecular flexibility index (Phi) is 5.24. The van der Waals surface area contributed by atoms with Crippen LogP contribution in [-0.4, -0.2) is 55.4 Å². The highest BCUT2D eigenvalue weighted by molar-refractivity contribution is 5.82. The van der Waals surface area contributed by atoms with E-state index in [1.54, 1.807) is 7.11 Å². The molecule has 3 heterocycles. The Morgan fingerprint density at radius 1 is 1.48 bits per heavy atom. The summed E-state index contributed by atoms with van der Waals surface area (Å²) in [4.78, 5) is 16.5. The molecule has 1 atom stereocenters. The molecule has 1 aromatic heterocycles. The van der Waals surface area contributed by atoms with E-state index in [-0.39, 0.29) is 11.9 Å². The molecule has 3 rings (SSSR count). The van der Waals surface area contributed by atoms with Crippen molar-refractivity contribution < 1.29 is 14.1 Å². The lowest BCUT2D eigenvalue weighted by Crippen LogP contribution is -2.41. The van der Waals surface area contributed by atoms with Gasteiger partial charge in [-0.1, -0.05) is 5.16 Å². The van der Waals surface area contributed by atoms with Crippen molar-refractivity contribution in [3.8, 4) is 0 Å². The lowest BCUT2D eigenvalue weighted by atomic mass is 9.77. The first-order valence-corrected chi connectivity index (χ1v) is 8.23. The molecule has 0 radical (unpaired) electrons. The summed E-state index contributed by atoms with van der Waals surface area (Å²) < 4.78 is 10.0. The third-order valence-corrected chi connectivity index (χ3v) is 4.76. The molecule has 0 saturated carbocycles. The molecule has 128 valence electrons. The molecule has 1 amide bonds. The average Bonchev–Trinajstić information content (AvgIpc) is 3.16. The number of methoxy groups -OCH3 is 1. The van der Waals surface area contributed by atoms with E-state index >= 15 is 0 Å². The summed E-state index contributed by atoms with van der Waals surface area (Å²) >= 11 is 0. The van der Waals surface area contributed by atoms with E-state index in [1.807, 2.05) is 0 Å². The highest BCUT2D eigenvalue weighted by Crippen LogP contribution is 2.37. The summed E-state index contributed by atoms with van der Waals surface area (Å²) in [6.07, 6.45) is 3.76. The monoisotopic (exact) mass is 323 g/mol. The second-order valence-corrected chi connectivity index (χ2v) is 6.47. The molecule has 8 nitrogen and oxygen atoms in total. The van der Waals surface area contributed by atoms with E-state index in [9.17, 15) is 4.79 Å². The highest BCUT2D eigenvalue weighted by atomic mass is 16.5. The summed E-state index contributed by atoms with van der Waals surface area (Å²) in [6.45, 7) is 3.88. The van der Waals surface area contributed by atoms with Crippen molar-refractivity contribution in [1.82, 2.24) is 26.1 Å². The van der Waals surface area contributed by atoms with Crippen LogP contribution in [0.2, 0.25) is 0 Å². The van der Waals surface area contributed by atoms with Crippen molar-refractivity contribution in [2.75, 3.05) is 33.3 Å². The number of rotatable bonds is 6. The van der Waals surface area contributed by atoms with Crippen LogP contribution in [0.15, 0.2) is 4.52 Å². The van der Waals surface area contributed by atoms with Gasteiger partial charge in [0, 0.05) is 26.6 Å². The quantitative estimate of drug-likeness (QED) is 0.655. The van der Waals surface area contributed by atoms with Gasteiger partial charge in [-0.05, 0) is 37.8 Å². The van der Waals surface area contributed by atoms with Crippen LogP contribution in [0.1, 0.15) is 31.0 Å². The van der Waals surface area contributed by atoms with Gasteiger partial charge in [0.25, 0.3) is 0 Å². The van der Waals surface area contributed by atoms with Gasteiger partial charge >= 0.3 is 0 Å². The largest absolute Gasteiger partial charge is 0.377 e. The smallest absolute Gasteiger partial charge is 0.237 e. The molecule has 0 bridgehead atoms. The number of hydrogen-bond acceptors (Lipinski definition) is 7. The topological polar surface area (TPSA) is 101 Å². The van der Waals surface area contributed by atoms with Crippen molar-refractivity contribution in [2.45, 2.75) is 38.3 Å². The Morgan fingerprint density at radius 2 is 2.30 bits per heavy atom.